The van der Waals surface area contributed by atoms with Crippen molar-refractivity contribution in [1.82, 2.24) is 15.2 Å². The van der Waals surface area contributed by atoms with Crippen LogP contribution in [0, 0.1) is 0 Å². The van der Waals surface area contributed by atoms with Crippen molar-refractivity contribution in [3.8, 4) is 28.3 Å². The first-order chi connectivity index (χ1) is 10.2. The fourth-order valence-electron chi connectivity index (χ4n) is 2.20. The second kappa shape index (κ2) is 5.46. The van der Waals surface area contributed by atoms with Gasteiger partial charge in [0, 0.05) is 16.8 Å². The maximum atomic E-state index is 6.09. The molecule has 106 valence electrons. The van der Waals surface area contributed by atoms with Crippen molar-refractivity contribution in [1.29, 1.82) is 0 Å². The van der Waals surface area contributed by atoms with E-state index in [2.05, 4.69) is 15.2 Å². The molecule has 0 saturated heterocycles. The average molecular weight is 301 g/mol. The van der Waals surface area contributed by atoms with Crippen molar-refractivity contribution in [2.75, 3.05) is 12.8 Å². The van der Waals surface area contributed by atoms with Crippen molar-refractivity contribution in [3.63, 3.8) is 0 Å². The summed E-state index contributed by atoms with van der Waals surface area (Å²) in [7, 11) is 1.60. The lowest BCUT2D eigenvalue weighted by atomic mass is 10.0. The summed E-state index contributed by atoms with van der Waals surface area (Å²) in [5.41, 5.74) is 8.97. The lowest BCUT2D eigenvalue weighted by Crippen LogP contribution is -1.92. The summed E-state index contributed by atoms with van der Waals surface area (Å²) in [6, 6.07) is 11.0. The molecule has 21 heavy (non-hydrogen) atoms. The minimum atomic E-state index is 0.380. The zero-order valence-corrected chi connectivity index (χ0v) is 12.1. The van der Waals surface area contributed by atoms with E-state index in [0.29, 0.717) is 16.6 Å². The predicted molar refractivity (Wildman–Crippen MR) is 83.2 cm³/mol. The Morgan fingerprint density at radius 2 is 2.10 bits per heavy atom. The van der Waals surface area contributed by atoms with Gasteiger partial charge in [0.1, 0.15) is 5.75 Å². The van der Waals surface area contributed by atoms with Crippen LogP contribution in [0.25, 0.3) is 22.5 Å². The van der Waals surface area contributed by atoms with E-state index in [1.54, 1.807) is 31.5 Å². The van der Waals surface area contributed by atoms with Crippen molar-refractivity contribution < 1.29 is 4.74 Å². The maximum absolute atomic E-state index is 6.09. The Labute approximate surface area is 126 Å². The molecule has 0 aliphatic carbocycles. The minimum Gasteiger partial charge on any atom is -0.496 e. The SMILES string of the molecule is COc1ccc(Cl)cc1-c1[nH]nc(N)c1-c1ccccn1. The number of halogens is 1. The van der Waals surface area contributed by atoms with Crippen LogP contribution in [-0.2, 0) is 0 Å². The Balaban J connectivity index is 2.24. The van der Waals surface area contributed by atoms with E-state index in [-0.39, 0.29) is 0 Å². The number of methoxy groups -OCH3 is 1. The Morgan fingerprint density at radius 3 is 2.81 bits per heavy atom. The van der Waals surface area contributed by atoms with Gasteiger partial charge < -0.3 is 10.5 Å². The van der Waals surface area contributed by atoms with E-state index in [9.17, 15) is 0 Å². The van der Waals surface area contributed by atoms with Gasteiger partial charge in [0.25, 0.3) is 0 Å². The number of hydrogen-bond acceptors (Lipinski definition) is 4. The van der Waals surface area contributed by atoms with E-state index in [1.807, 2.05) is 18.2 Å². The highest BCUT2D eigenvalue weighted by Crippen LogP contribution is 2.39. The van der Waals surface area contributed by atoms with Crippen LogP contribution in [0.4, 0.5) is 5.82 Å². The van der Waals surface area contributed by atoms with Gasteiger partial charge in [-0.1, -0.05) is 17.7 Å². The largest absolute Gasteiger partial charge is 0.496 e. The Hall–Kier alpha value is -2.53. The molecule has 1 aromatic carbocycles. The third-order valence-electron chi connectivity index (χ3n) is 3.15. The Morgan fingerprint density at radius 1 is 1.24 bits per heavy atom. The van der Waals surface area contributed by atoms with Gasteiger partial charge >= 0.3 is 0 Å². The number of H-pyrrole nitrogens is 1. The van der Waals surface area contributed by atoms with Crippen LogP contribution < -0.4 is 10.5 Å². The van der Waals surface area contributed by atoms with E-state index < -0.39 is 0 Å². The van der Waals surface area contributed by atoms with Gasteiger partial charge in [0.15, 0.2) is 5.82 Å². The predicted octanol–water partition coefficient (Wildman–Crippen LogP) is 3.38. The number of nitrogens with two attached hydrogens (primary N) is 1. The summed E-state index contributed by atoms with van der Waals surface area (Å²) < 4.78 is 5.39. The highest BCUT2D eigenvalue weighted by Gasteiger charge is 2.18. The number of nitrogens with one attached hydrogen (secondary N) is 1. The third-order valence-corrected chi connectivity index (χ3v) is 3.38. The van der Waals surface area contributed by atoms with E-state index in [1.165, 1.54) is 0 Å². The first-order valence-electron chi connectivity index (χ1n) is 6.30. The molecule has 0 bridgehead atoms. The molecule has 3 rings (SSSR count). The molecule has 2 aromatic heterocycles. The summed E-state index contributed by atoms with van der Waals surface area (Å²) in [6.45, 7) is 0. The minimum absolute atomic E-state index is 0.380. The molecule has 2 heterocycles. The summed E-state index contributed by atoms with van der Waals surface area (Å²) in [5.74, 6) is 1.06. The summed E-state index contributed by atoms with van der Waals surface area (Å²) >= 11 is 6.09. The van der Waals surface area contributed by atoms with Gasteiger partial charge in [-0.15, -0.1) is 0 Å². The number of rotatable bonds is 3. The van der Waals surface area contributed by atoms with Crippen molar-refractivity contribution >= 4 is 17.4 Å². The van der Waals surface area contributed by atoms with Gasteiger partial charge in [0.05, 0.1) is 24.1 Å². The molecule has 6 heteroatoms. The maximum Gasteiger partial charge on any atom is 0.155 e. The Bertz CT molecular complexity index is 771. The molecule has 3 aromatic rings. The molecule has 0 unspecified atom stereocenters. The number of ether oxygens (including phenoxy) is 1. The zero-order valence-electron chi connectivity index (χ0n) is 11.3. The van der Waals surface area contributed by atoms with Crippen molar-refractivity contribution in [2.24, 2.45) is 0 Å². The quantitative estimate of drug-likeness (QED) is 0.777. The fourth-order valence-corrected chi connectivity index (χ4v) is 2.37. The second-order valence-corrected chi connectivity index (χ2v) is 4.85. The normalized spacial score (nSPS) is 10.6. The number of benzene rings is 1. The molecule has 0 amide bonds. The standard InChI is InChI=1S/C15H13ClN4O/c1-21-12-6-5-9(16)8-10(12)14-13(15(17)20-19-14)11-4-2-3-7-18-11/h2-8H,1H3,(H3,17,19,20). The average Bonchev–Trinajstić information content (AvgIpc) is 2.89. The number of pyridine rings is 1. The number of hydrogen-bond donors (Lipinski definition) is 2. The van der Waals surface area contributed by atoms with Crippen molar-refractivity contribution in [2.45, 2.75) is 0 Å². The highest BCUT2D eigenvalue weighted by atomic mass is 35.5. The number of aromatic amines is 1. The lowest BCUT2D eigenvalue weighted by Gasteiger charge is -2.09. The van der Waals surface area contributed by atoms with Crippen LogP contribution in [0.5, 0.6) is 5.75 Å². The van der Waals surface area contributed by atoms with Gasteiger partial charge in [-0.25, -0.2) is 0 Å². The van der Waals surface area contributed by atoms with Gasteiger partial charge in [-0.2, -0.15) is 5.10 Å². The van der Waals surface area contributed by atoms with E-state index in [0.717, 1.165) is 22.5 Å². The fraction of sp³-hybridized carbons (Fsp3) is 0.0667. The first-order valence-corrected chi connectivity index (χ1v) is 6.67. The number of aromatic nitrogens is 3. The number of anilines is 1. The lowest BCUT2D eigenvalue weighted by molar-refractivity contribution is 0.416. The number of nitrogens with zero attached hydrogens (tertiary/aromatic N) is 2. The monoisotopic (exact) mass is 300 g/mol. The molecule has 0 saturated carbocycles. The topological polar surface area (TPSA) is 76.8 Å². The van der Waals surface area contributed by atoms with Crippen LogP contribution in [-0.4, -0.2) is 22.3 Å². The molecule has 0 aliphatic rings. The molecule has 0 radical (unpaired) electrons. The molecule has 3 N–H and O–H groups in total. The van der Waals surface area contributed by atoms with Crippen LogP contribution in [0.1, 0.15) is 0 Å². The van der Waals surface area contributed by atoms with Crippen molar-refractivity contribution in [3.05, 3.63) is 47.6 Å². The first kappa shape index (κ1) is 13.5. The smallest absolute Gasteiger partial charge is 0.155 e. The van der Waals surface area contributed by atoms with Crippen LogP contribution in [0.15, 0.2) is 42.6 Å². The van der Waals surface area contributed by atoms with Crippen LogP contribution in [0.2, 0.25) is 5.02 Å². The second-order valence-electron chi connectivity index (χ2n) is 4.42. The molecule has 0 aliphatic heterocycles. The van der Waals surface area contributed by atoms with Crippen LogP contribution >= 0.6 is 11.6 Å². The molecule has 0 fully saturated rings. The molecule has 0 atom stereocenters. The molecule has 0 spiro atoms. The molecule has 5 nitrogen and oxygen atoms in total. The third kappa shape index (κ3) is 2.43. The van der Waals surface area contributed by atoms with Gasteiger partial charge in [-0.3, -0.25) is 10.1 Å². The van der Waals surface area contributed by atoms with Crippen LogP contribution in [0.3, 0.4) is 0 Å². The van der Waals surface area contributed by atoms with Gasteiger partial charge in [0.2, 0.25) is 0 Å². The molecular weight excluding hydrogens is 288 g/mol. The summed E-state index contributed by atoms with van der Waals surface area (Å²) in [6.07, 6.45) is 1.71. The summed E-state index contributed by atoms with van der Waals surface area (Å²) in [5, 5.41) is 7.63. The van der Waals surface area contributed by atoms with E-state index in [4.69, 9.17) is 22.1 Å². The van der Waals surface area contributed by atoms with Gasteiger partial charge in [-0.05, 0) is 30.3 Å². The Kier molecular flexibility index (Phi) is 3.50. The van der Waals surface area contributed by atoms with E-state index >= 15 is 0 Å². The molecular formula is C15H13ClN4O. The zero-order chi connectivity index (χ0) is 14.8. The highest BCUT2D eigenvalue weighted by molar-refractivity contribution is 6.31. The summed E-state index contributed by atoms with van der Waals surface area (Å²) in [4.78, 5) is 4.33. The number of nitrogen functional groups attached to an aromatic ring is 1.